The highest BCUT2D eigenvalue weighted by Gasteiger charge is 2.55. The van der Waals surface area contributed by atoms with Gasteiger partial charge >= 0.3 is 0 Å². The number of hydrogen-bond donors (Lipinski definition) is 1. The Bertz CT molecular complexity index is 786. The summed E-state index contributed by atoms with van der Waals surface area (Å²) in [6.07, 6.45) is 3.42. The van der Waals surface area contributed by atoms with Crippen molar-refractivity contribution < 1.29 is 9.53 Å². The monoisotopic (exact) mass is 310 g/mol. The molecule has 6 heteroatoms. The molecule has 2 aromatic rings. The SMILES string of the molecule is COc1ccccc1C1(C(=O)N2Cc3cnc(N)nc3C2)CC1. The van der Waals surface area contributed by atoms with Crippen molar-refractivity contribution in [2.45, 2.75) is 31.3 Å². The molecule has 0 saturated heterocycles. The second-order valence-electron chi connectivity index (χ2n) is 6.14. The number of aromatic nitrogens is 2. The summed E-state index contributed by atoms with van der Waals surface area (Å²) in [5.74, 6) is 1.17. The fourth-order valence-electron chi connectivity index (χ4n) is 3.38. The molecule has 0 spiro atoms. The highest BCUT2D eigenvalue weighted by molar-refractivity contribution is 5.92. The van der Waals surface area contributed by atoms with Crippen LogP contribution in [-0.4, -0.2) is 27.9 Å². The van der Waals surface area contributed by atoms with Crippen LogP contribution in [0.4, 0.5) is 5.95 Å². The summed E-state index contributed by atoms with van der Waals surface area (Å²) in [5.41, 5.74) is 7.99. The van der Waals surface area contributed by atoms with Gasteiger partial charge in [-0.25, -0.2) is 9.97 Å². The first-order valence-electron chi connectivity index (χ1n) is 7.67. The number of benzene rings is 1. The molecule has 2 N–H and O–H groups in total. The predicted octanol–water partition coefficient (Wildman–Crippen LogP) is 1.64. The van der Waals surface area contributed by atoms with Crippen LogP contribution >= 0.6 is 0 Å². The second-order valence-corrected chi connectivity index (χ2v) is 6.14. The maximum Gasteiger partial charge on any atom is 0.234 e. The van der Waals surface area contributed by atoms with Gasteiger partial charge < -0.3 is 15.4 Å². The van der Waals surface area contributed by atoms with Gasteiger partial charge in [-0.05, 0) is 18.9 Å². The van der Waals surface area contributed by atoms with E-state index in [4.69, 9.17) is 10.5 Å². The Balaban J connectivity index is 1.63. The third-order valence-electron chi connectivity index (χ3n) is 4.74. The number of nitrogen functional groups attached to an aromatic ring is 1. The fraction of sp³-hybridized carbons (Fsp3) is 0.353. The standard InChI is InChI=1S/C17H18N4O2/c1-23-14-5-3-2-4-12(14)17(6-7-17)15(22)21-9-11-8-19-16(18)20-13(11)10-21/h2-5,8H,6-7,9-10H2,1H3,(H2,18,19,20). The van der Waals surface area contributed by atoms with Crippen molar-refractivity contribution in [3.8, 4) is 5.75 Å². The maximum atomic E-state index is 13.1. The summed E-state index contributed by atoms with van der Waals surface area (Å²) in [6, 6.07) is 7.78. The Morgan fingerprint density at radius 1 is 1.30 bits per heavy atom. The van der Waals surface area contributed by atoms with E-state index in [0.29, 0.717) is 13.1 Å². The first kappa shape index (κ1) is 14.0. The molecule has 1 aromatic carbocycles. The predicted molar refractivity (Wildman–Crippen MR) is 84.6 cm³/mol. The van der Waals surface area contributed by atoms with Crippen molar-refractivity contribution in [2.75, 3.05) is 12.8 Å². The average molecular weight is 310 g/mol. The van der Waals surface area contributed by atoms with Crippen molar-refractivity contribution >= 4 is 11.9 Å². The molecule has 1 saturated carbocycles. The van der Waals surface area contributed by atoms with Crippen LogP contribution in [0.2, 0.25) is 0 Å². The highest BCUT2D eigenvalue weighted by Crippen LogP contribution is 2.53. The van der Waals surface area contributed by atoms with Gasteiger partial charge in [-0.15, -0.1) is 0 Å². The number of carbonyl (C=O) groups excluding carboxylic acids is 1. The number of nitrogens with zero attached hydrogens (tertiary/aromatic N) is 3. The van der Waals surface area contributed by atoms with Gasteiger partial charge in [0.1, 0.15) is 5.75 Å². The number of ether oxygens (including phenoxy) is 1. The molecule has 1 aliphatic heterocycles. The molecule has 1 amide bonds. The number of rotatable bonds is 3. The average Bonchev–Trinajstić information content (AvgIpc) is 3.27. The molecular formula is C17H18N4O2. The lowest BCUT2D eigenvalue weighted by Gasteiger charge is -2.24. The first-order chi connectivity index (χ1) is 11.1. The van der Waals surface area contributed by atoms with Gasteiger partial charge in [0.05, 0.1) is 24.8 Å². The van der Waals surface area contributed by atoms with Gasteiger partial charge in [-0.3, -0.25) is 4.79 Å². The van der Waals surface area contributed by atoms with Gasteiger partial charge in [0, 0.05) is 23.9 Å². The minimum Gasteiger partial charge on any atom is -0.496 e. The Hall–Kier alpha value is -2.63. The molecular weight excluding hydrogens is 292 g/mol. The number of fused-ring (bicyclic) bond motifs is 1. The molecule has 2 heterocycles. The summed E-state index contributed by atoms with van der Waals surface area (Å²) in [7, 11) is 1.64. The molecule has 0 unspecified atom stereocenters. The van der Waals surface area contributed by atoms with Gasteiger partial charge in [-0.2, -0.15) is 0 Å². The van der Waals surface area contributed by atoms with Crippen molar-refractivity contribution in [1.29, 1.82) is 0 Å². The Morgan fingerprint density at radius 2 is 2.09 bits per heavy atom. The van der Waals surface area contributed by atoms with E-state index in [0.717, 1.165) is 35.4 Å². The van der Waals surface area contributed by atoms with E-state index in [-0.39, 0.29) is 11.9 Å². The number of nitrogens with two attached hydrogens (primary N) is 1. The smallest absolute Gasteiger partial charge is 0.234 e. The summed E-state index contributed by atoms with van der Waals surface area (Å²) in [5, 5.41) is 0. The van der Waals surface area contributed by atoms with E-state index in [1.807, 2.05) is 29.2 Å². The summed E-state index contributed by atoms with van der Waals surface area (Å²) in [6.45, 7) is 1.04. The lowest BCUT2D eigenvalue weighted by molar-refractivity contribution is -0.134. The molecule has 0 atom stereocenters. The Morgan fingerprint density at radius 3 is 2.83 bits per heavy atom. The third kappa shape index (κ3) is 2.13. The van der Waals surface area contributed by atoms with Gasteiger partial charge in [0.2, 0.25) is 11.9 Å². The normalized spacial score (nSPS) is 17.7. The van der Waals surface area contributed by atoms with Crippen LogP contribution in [0.1, 0.15) is 29.7 Å². The van der Waals surface area contributed by atoms with E-state index in [1.165, 1.54) is 0 Å². The zero-order valence-electron chi connectivity index (χ0n) is 13.0. The number of anilines is 1. The second kappa shape index (κ2) is 4.94. The number of methoxy groups -OCH3 is 1. The highest BCUT2D eigenvalue weighted by atomic mass is 16.5. The minimum atomic E-state index is -0.451. The fourth-order valence-corrected chi connectivity index (χ4v) is 3.38. The molecule has 1 aliphatic carbocycles. The molecule has 4 rings (SSSR count). The van der Waals surface area contributed by atoms with Gasteiger partial charge in [0.15, 0.2) is 0 Å². The molecule has 6 nitrogen and oxygen atoms in total. The van der Waals surface area contributed by atoms with Gasteiger partial charge in [0.25, 0.3) is 0 Å². The molecule has 118 valence electrons. The summed E-state index contributed by atoms with van der Waals surface area (Å²) in [4.78, 5) is 23.2. The first-order valence-corrected chi connectivity index (χ1v) is 7.67. The van der Waals surface area contributed by atoms with E-state index in [1.54, 1.807) is 13.3 Å². The molecule has 23 heavy (non-hydrogen) atoms. The number of hydrogen-bond acceptors (Lipinski definition) is 5. The van der Waals surface area contributed by atoms with Crippen molar-refractivity contribution in [3.63, 3.8) is 0 Å². The third-order valence-corrected chi connectivity index (χ3v) is 4.74. The maximum absolute atomic E-state index is 13.1. The molecule has 2 aliphatic rings. The number of para-hydroxylation sites is 1. The molecule has 0 bridgehead atoms. The van der Waals surface area contributed by atoms with Crippen LogP contribution in [0.25, 0.3) is 0 Å². The van der Waals surface area contributed by atoms with Crippen LogP contribution in [0, 0.1) is 0 Å². The molecule has 1 fully saturated rings. The van der Waals surface area contributed by atoms with Crippen molar-refractivity contribution in [2.24, 2.45) is 0 Å². The van der Waals surface area contributed by atoms with E-state index in [2.05, 4.69) is 9.97 Å². The van der Waals surface area contributed by atoms with E-state index >= 15 is 0 Å². The Kier molecular flexibility index (Phi) is 3.01. The minimum absolute atomic E-state index is 0.138. The van der Waals surface area contributed by atoms with Crippen molar-refractivity contribution in [1.82, 2.24) is 14.9 Å². The van der Waals surface area contributed by atoms with Crippen LogP contribution < -0.4 is 10.5 Å². The van der Waals surface area contributed by atoms with E-state index in [9.17, 15) is 4.79 Å². The molecule has 1 aromatic heterocycles. The lowest BCUT2D eigenvalue weighted by Crippen LogP contribution is -2.36. The Labute approximate surface area is 134 Å². The van der Waals surface area contributed by atoms with Crippen LogP contribution in [-0.2, 0) is 23.3 Å². The number of amides is 1. The molecule has 0 radical (unpaired) electrons. The van der Waals surface area contributed by atoms with Crippen LogP contribution in [0.3, 0.4) is 0 Å². The van der Waals surface area contributed by atoms with Crippen LogP contribution in [0.5, 0.6) is 5.75 Å². The quantitative estimate of drug-likeness (QED) is 0.932. The van der Waals surface area contributed by atoms with Crippen LogP contribution in [0.15, 0.2) is 30.5 Å². The summed E-state index contributed by atoms with van der Waals surface area (Å²) < 4.78 is 5.45. The number of carbonyl (C=O) groups is 1. The summed E-state index contributed by atoms with van der Waals surface area (Å²) >= 11 is 0. The lowest BCUT2D eigenvalue weighted by atomic mass is 9.93. The largest absolute Gasteiger partial charge is 0.496 e. The zero-order chi connectivity index (χ0) is 16.0. The topological polar surface area (TPSA) is 81.3 Å². The van der Waals surface area contributed by atoms with Gasteiger partial charge in [-0.1, -0.05) is 18.2 Å². The van der Waals surface area contributed by atoms with E-state index < -0.39 is 5.41 Å². The van der Waals surface area contributed by atoms with Crippen molar-refractivity contribution in [3.05, 3.63) is 47.3 Å². The zero-order valence-corrected chi connectivity index (χ0v) is 13.0.